The van der Waals surface area contributed by atoms with Gasteiger partial charge in [0.05, 0.1) is 5.41 Å². The van der Waals surface area contributed by atoms with E-state index in [1.165, 1.54) is 0 Å². The van der Waals surface area contributed by atoms with Crippen molar-refractivity contribution in [2.24, 2.45) is 11.1 Å². The lowest BCUT2D eigenvalue weighted by Crippen LogP contribution is -2.49. The topological polar surface area (TPSA) is 55.1 Å². The van der Waals surface area contributed by atoms with E-state index in [4.69, 9.17) is 5.73 Å². The molecule has 0 bridgehead atoms. The molecule has 0 atom stereocenters. The number of hydrogen-bond acceptors (Lipinski definition) is 2. The number of nitrogens with one attached hydrogen (secondary N) is 1. The number of rotatable bonds is 2. The molecule has 0 aromatic heterocycles. The highest BCUT2D eigenvalue weighted by Gasteiger charge is 2.28. The fraction of sp³-hybridized carbons (Fsp3) is 0.889. The lowest BCUT2D eigenvalue weighted by atomic mass is 9.91. The van der Waals surface area contributed by atoms with Gasteiger partial charge in [-0.1, -0.05) is 0 Å². The van der Waals surface area contributed by atoms with Crippen molar-refractivity contribution in [1.82, 2.24) is 5.32 Å². The largest absolute Gasteiger partial charge is 0.351 e. The van der Waals surface area contributed by atoms with Gasteiger partial charge in [-0.2, -0.15) is 0 Å². The maximum absolute atomic E-state index is 11.5. The van der Waals surface area contributed by atoms with E-state index >= 15 is 0 Å². The van der Waals surface area contributed by atoms with E-state index in [9.17, 15) is 4.79 Å². The lowest BCUT2D eigenvalue weighted by Gasteiger charge is -2.28. The van der Waals surface area contributed by atoms with Gasteiger partial charge in [-0.05, 0) is 34.6 Å². The molecular formula is C9H20N2O. The highest BCUT2D eigenvalue weighted by atomic mass is 16.2. The standard InChI is InChI=1S/C9H20N2O/c1-8(2,3)11-7(12)9(4,5)6-10/h6,10H2,1-5H3,(H,11,12). The van der Waals surface area contributed by atoms with Gasteiger partial charge in [0, 0.05) is 12.1 Å². The van der Waals surface area contributed by atoms with Gasteiger partial charge in [0.1, 0.15) is 0 Å². The summed E-state index contributed by atoms with van der Waals surface area (Å²) in [6.07, 6.45) is 0. The van der Waals surface area contributed by atoms with Crippen molar-refractivity contribution in [1.29, 1.82) is 0 Å². The smallest absolute Gasteiger partial charge is 0.227 e. The number of carbonyl (C=O) groups excluding carboxylic acids is 1. The molecule has 0 rings (SSSR count). The highest BCUT2D eigenvalue weighted by Crippen LogP contribution is 2.14. The van der Waals surface area contributed by atoms with Gasteiger partial charge in [-0.15, -0.1) is 0 Å². The minimum atomic E-state index is -0.465. The van der Waals surface area contributed by atoms with Crippen molar-refractivity contribution in [3.8, 4) is 0 Å². The van der Waals surface area contributed by atoms with Gasteiger partial charge in [0.2, 0.25) is 5.91 Å². The van der Waals surface area contributed by atoms with Crippen molar-refractivity contribution >= 4 is 5.91 Å². The molecule has 12 heavy (non-hydrogen) atoms. The molecule has 0 unspecified atom stereocenters. The van der Waals surface area contributed by atoms with Crippen LogP contribution in [0.5, 0.6) is 0 Å². The Bertz CT molecular complexity index is 168. The fourth-order valence-electron chi connectivity index (χ4n) is 0.602. The van der Waals surface area contributed by atoms with Crippen molar-refractivity contribution in [2.45, 2.75) is 40.2 Å². The third-order valence-electron chi connectivity index (χ3n) is 1.61. The van der Waals surface area contributed by atoms with Crippen molar-refractivity contribution in [3.05, 3.63) is 0 Å². The molecule has 0 aliphatic rings. The molecule has 0 heterocycles. The summed E-state index contributed by atoms with van der Waals surface area (Å²) in [6.45, 7) is 9.92. The Balaban J connectivity index is 4.23. The van der Waals surface area contributed by atoms with Crippen LogP contribution in [0, 0.1) is 5.41 Å². The first-order valence-electron chi connectivity index (χ1n) is 4.22. The molecule has 1 amide bonds. The number of hydrogen-bond donors (Lipinski definition) is 2. The zero-order chi connectivity index (χ0) is 9.99. The average molecular weight is 172 g/mol. The van der Waals surface area contributed by atoms with E-state index in [-0.39, 0.29) is 11.4 Å². The molecule has 3 heteroatoms. The average Bonchev–Trinajstić information content (AvgIpc) is 1.84. The summed E-state index contributed by atoms with van der Waals surface area (Å²) in [5, 5.41) is 2.89. The van der Waals surface area contributed by atoms with Crippen LogP contribution in [0.15, 0.2) is 0 Å². The molecule has 72 valence electrons. The van der Waals surface area contributed by atoms with Gasteiger partial charge in [0.15, 0.2) is 0 Å². The quantitative estimate of drug-likeness (QED) is 0.650. The third kappa shape index (κ3) is 3.72. The van der Waals surface area contributed by atoms with Gasteiger partial charge < -0.3 is 11.1 Å². The van der Waals surface area contributed by atoms with Crippen molar-refractivity contribution < 1.29 is 4.79 Å². The Labute approximate surface area is 74.7 Å². The zero-order valence-electron chi connectivity index (χ0n) is 8.69. The first-order valence-corrected chi connectivity index (χ1v) is 4.22. The van der Waals surface area contributed by atoms with Crippen LogP contribution in [0.4, 0.5) is 0 Å². The lowest BCUT2D eigenvalue weighted by molar-refractivity contribution is -0.130. The predicted octanol–water partition coefficient (Wildman–Crippen LogP) is 0.886. The maximum Gasteiger partial charge on any atom is 0.227 e. The highest BCUT2D eigenvalue weighted by molar-refractivity contribution is 5.82. The molecule has 0 aliphatic heterocycles. The first-order chi connectivity index (χ1) is 5.19. The molecule has 0 spiro atoms. The van der Waals surface area contributed by atoms with E-state index in [1.807, 2.05) is 34.6 Å². The summed E-state index contributed by atoms with van der Waals surface area (Å²) in [4.78, 5) is 11.5. The normalized spacial score (nSPS) is 12.8. The number of carbonyl (C=O) groups is 1. The summed E-state index contributed by atoms with van der Waals surface area (Å²) < 4.78 is 0. The molecule has 0 aromatic rings. The second-order valence-corrected chi connectivity index (χ2v) is 4.79. The Kier molecular flexibility index (Phi) is 3.27. The minimum absolute atomic E-state index is 0.0116. The second kappa shape index (κ2) is 3.44. The van der Waals surface area contributed by atoms with Gasteiger partial charge in [-0.3, -0.25) is 4.79 Å². The Hall–Kier alpha value is -0.570. The van der Waals surface area contributed by atoms with Crippen LogP contribution >= 0.6 is 0 Å². The summed E-state index contributed by atoms with van der Waals surface area (Å²) in [5.74, 6) is 0.0116. The van der Waals surface area contributed by atoms with E-state index < -0.39 is 5.41 Å². The molecular weight excluding hydrogens is 152 g/mol. The van der Waals surface area contributed by atoms with Crippen LogP contribution < -0.4 is 11.1 Å². The minimum Gasteiger partial charge on any atom is -0.351 e. The van der Waals surface area contributed by atoms with Gasteiger partial charge in [-0.25, -0.2) is 0 Å². The van der Waals surface area contributed by atoms with E-state index in [0.29, 0.717) is 6.54 Å². The zero-order valence-corrected chi connectivity index (χ0v) is 8.69. The number of amides is 1. The van der Waals surface area contributed by atoms with E-state index in [0.717, 1.165) is 0 Å². The fourth-order valence-corrected chi connectivity index (χ4v) is 0.602. The SMILES string of the molecule is CC(C)(C)NC(=O)C(C)(C)CN. The molecule has 3 nitrogen and oxygen atoms in total. The summed E-state index contributed by atoms with van der Waals surface area (Å²) in [7, 11) is 0. The van der Waals surface area contributed by atoms with Crippen LogP contribution in [0.1, 0.15) is 34.6 Å². The number of nitrogens with two attached hydrogens (primary N) is 1. The molecule has 0 fully saturated rings. The van der Waals surface area contributed by atoms with Crippen LogP contribution in [-0.4, -0.2) is 18.0 Å². The van der Waals surface area contributed by atoms with E-state index in [2.05, 4.69) is 5.32 Å². The van der Waals surface area contributed by atoms with Crippen LogP contribution in [0.25, 0.3) is 0 Å². The van der Waals surface area contributed by atoms with Crippen molar-refractivity contribution in [3.63, 3.8) is 0 Å². The predicted molar refractivity (Wildman–Crippen MR) is 50.7 cm³/mol. The third-order valence-corrected chi connectivity index (χ3v) is 1.61. The first kappa shape index (κ1) is 11.4. The Morgan fingerprint density at radius 3 is 1.92 bits per heavy atom. The molecule has 0 saturated heterocycles. The Morgan fingerprint density at radius 2 is 1.67 bits per heavy atom. The maximum atomic E-state index is 11.5. The monoisotopic (exact) mass is 172 g/mol. The molecule has 0 aliphatic carbocycles. The molecule has 0 radical (unpaired) electrons. The molecule has 0 saturated carbocycles. The van der Waals surface area contributed by atoms with E-state index in [1.54, 1.807) is 0 Å². The molecule has 3 N–H and O–H groups in total. The summed E-state index contributed by atoms with van der Waals surface area (Å²) in [5.41, 5.74) is 4.82. The van der Waals surface area contributed by atoms with Crippen molar-refractivity contribution in [2.75, 3.05) is 6.54 Å². The van der Waals surface area contributed by atoms with Crippen LogP contribution in [-0.2, 0) is 4.79 Å². The molecule has 0 aromatic carbocycles. The van der Waals surface area contributed by atoms with Crippen LogP contribution in [0.2, 0.25) is 0 Å². The Morgan fingerprint density at radius 1 is 1.25 bits per heavy atom. The van der Waals surface area contributed by atoms with Gasteiger partial charge in [0.25, 0.3) is 0 Å². The second-order valence-electron chi connectivity index (χ2n) is 4.79. The summed E-state index contributed by atoms with van der Waals surface area (Å²) >= 11 is 0. The van der Waals surface area contributed by atoms with Crippen LogP contribution in [0.3, 0.4) is 0 Å². The summed E-state index contributed by atoms with van der Waals surface area (Å²) in [6, 6.07) is 0. The van der Waals surface area contributed by atoms with Gasteiger partial charge >= 0.3 is 0 Å².